The maximum Gasteiger partial charge on any atom is 0.243 e. The number of carbonyl (C=O) groups excluding carboxylic acids is 2. The molecule has 0 aliphatic carbocycles. The maximum atomic E-state index is 12.4. The minimum absolute atomic E-state index is 0.0437. The Morgan fingerprint density at radius 3 is 2.32 bits per heavy atom. The minimum atomic E-state index is -0.183. The van der Waals surface area contributed by atoms with Crippen LogP contribution in [0.2, 0.25) is 0 Å². The average Bonchev–Trinajstić information content (AvgIpc) is 2.50. The van der Waals surface area contributed by atoms with Gasteiger partial charge in [0.1, 0.15) is 0 Å². The summed E-state index contributed by atoms with van der Waals surface area (Å²) in [7, 11) is 1.67. The second-order valence-corrected chi connectivity index (χ2v) is 7.02. The van der Waals surface area contributed by atoms with Gasteiger partial charge in [-0.15, -0.1) is 0 Å². The van der Waals surface area contributed by atoms with Crippen LogP contribution < -0.4 is 5.32 Å². The first-order chi connectivity index (χ1) is 11.8. The van der Waals surface area contributed by atoms with Crippen LogP contribution in [0.3, 0.4) is 0 Å². The molecule has 1 N–H and O–H groups in total. The zero-order valence-electron chi connectivity index (χ0n) is 15.8. The van der Waals surface area contributed by atoms with Crippen molar-refractivity contribution < 1.29 is 14.3 Å². The molecule has 25 heavy (non-hydrogen) atoms. The molecular weight excluding hydrogens is 318 g/mol. The van der Waals surface area contributed by atoms with Crippen molar-refractivity contribution >= 4 is 17.5 Å². The van der Waals surface area contributed by atoms with Crippen molar-refractivity contribution in [1.82, 2.24) is 9.80 Å². The summed E-state index contributed by atoms with van der Waals surface area (Å²) in [5, 5.41) is 2.92. The standard InChI is InChI=1S/C19H29N3O3/c1-13-7-6-8-14(2)19(13)20-17(23)11-21(5)18(24)12-22-9-15(3)25-16(4)10-22/h6-8,15-16H,9-12H2,1-5H3,(H,20,23)/t15-,16+. The summed E-state index contributed by atoms with van der Waals surface area (Å²) in [5.41, 5.74) is 2.85. The summed E-state index contributed by atoms with van der Waals surface area (Å²) in [6, 6.07) is 5.87. The Bertz CT molecular complexity index is 602. The maximum absolute atomic E-state index is 12.4. The lowest BCUT2D eigenvalue weighted by Gasteiger charge is -2.35. The number of aryl methyl sites for hydroxylation is 2. The molecule has 0 radical (unpaired) electrons. The Morgan fingerprint density at radius 2 is 1.76 bits per heavy atom. The Labute approximate surface area is 150 Å². The first-order valence-electron chi connectivity index (χ1n) is 8.74. The predicted octanol–water partition coefficient (Wildman–Crippen LogP) is 1.81. The van der Waals surface area contributed by atoms with E-state index in [1.807, 2.05) is 45.9 Å². The molecule has 1 aromatic rings. The van der Waals surface area contributed by atoms with E-state index in [0.29, 0.717) is 6.54 Å². The van der Waals surface area contributed by atoms with Gasteiger partial charge in [-0.1, -0.05) is 18.2 Å². The fourth-order valence-electron chi connectivity index (χ4n) is 3.22. The fraction of sp³-hybridized carbons (Fsp3) is 0.579. The van der Waals surface area contributed by atoms with Crippen LogP contribution in [-0.2, 0) is 14.3 Å². The van der Waals surface area contributed by atoms with Crippen molar-refractivity contribution in [3.63, 3.8) is 0 Å². The quantitative estimate of drug-likeness (QED) is 0.882. The van der Waals surface area contributed by atoms with Gasteiger partial charge >= 0.3 is 0 Å². The highest BCUT2D eigenvalue weighted by molar-refractivity contribution is 5.95. The van der Waals surface area contributed by atoms with Gasteiger partial charge in [0.05, 0.1) is 25.3 Å². The first kappa shape index (κ1) is 19.4. The van der Waals surface area contributed by atoms with Crippen molar-refractivity contribution in [2.24, 2.45) is 0 Å². The molecule has 1 aliphatic heterocycles. The molecule has 0 spiro atoms. The molecule has 138 valence electrons. The SMILES string of the molecule is Cc1cccc(C)c1NC(=O)CN(C)C(=O)CN1C[C@@H](C)O[C@@H](C)C1. The Balaban J connectivity index is 1.87. The Hall–Kier alpha value is -1.92. The van der Waals surface area contributed by atoms with Crippen LogP contribution >= 0.6 is 0 Å². The first-order valence-corrected chi connectivity index (χ1v) is 8.74. The molecule has 6 nitrogen and oxygen atoms in total. The molecule has 2 amide bonds. The smallest absolute Gasteiger partial charge is 0.243 e. The lowest BCUT2D eigenvalue weighted by Crippen LogP contribution is -2.50. The van der Waals surface area contributed by atoms with Crippen LogP contribution in [0, 0.1) is 13.8 Å². The molecule has 1 heterocycles. The van der Waals surface area contributed by atoms with Crippen LogP contribution in [-0.4, -0.2) is 67.0 Å². The molecule has 1 saturated heterocycles. The van der Waals surface area contributed by atoms with Crippen molar-refractivity contribution in [2.45, 2.75) is 39.9 Å². The number of carbonyl (C=O) groups is 2. The van der Waals surface area contributed by atoms with E-state index in [2.05, 4.69) is 10.2 Å². The molecule has 0 bridgehead atoms. The summed E-state index contributed by atoms with van der Waals surface area (Å²) >= 11 is 0. The monoisotopic (exact) mass is 347 g/mol. The zero-order valence-corrected chi connectivity index (χ0v) is 15.8. The average molecular weight is 347 g/mol. The number of benzene rings is 1. The number of anilines is 1. The highest BCUT2D eigenvalue weighted by atomic mass is 16.5. The number of amides is 2. The molecule has 1 fully saturated rings. The van der Waals surface area contributed by atoms with Gasteiger partial charge in [0, 0.05) is 25.8 Å². The molecule has 1 aromatic carbocycles. The molecular formula is C19H29N3O3. The van der Waals surface area contributed by atoms with Crippen LogP contribution in [0.1, 0.15) is 25.0 Å². The van der Waals surface area contributed by atoms with E-state index in [-0.39, 0.29) is 30.6 Å². The Morgan fingerprint density at radius 1 is 1.20 bits per heavy atom. The van der Waals surface area contributed by atoms with E-state index in [1.54, 1.807) is 7.05 Å². The van der Waals surface area contributed by atoms with E-state index in [1.165, 1.54) is 4.90 Å². The van der Waals surface area contributed by atoms with Crippen LogP contribution in [0.15, 0.2) is 18.2 Å². The van der Waals surface area contributed by atoms with Crippen LogP contribution in [0.4, 0.5) is 5.69 Å². The van der Waals surface area contributed by atoms with Gasteiger partial charge in [-0.25, -0.2) is 0 Å². The number of hydrogen-bond donors (Lipinski definition) is 1. The second kappa shape index (κ2) is 8.45. The van der Waals surface area contributed by atoms with E-state index in [9.17, 15) is 9.59 Å². The van der Waals surface area contributed by atoms with E-state index < -0.39 is 0 Å². The number of nitrogens with one attached hydrogen (secondary N) is 1. The highest BCUT2D eigenvalue weighted by Crippen LogP contribution is 2.19. The van der Waals surface area contributed by atoms with E-state index >= 15 is 0 Å². The third-order valence-electron chi connectivity index (χ3n) is 4.41. The molecule has 1 aliphatic rings. The zero-order chi connectivity index (χ0) is 18.6. The number of nitrogens with zero attached hydrogens (tertiary/aromatic N) is 2. The van der Waals surface area contributed by atoms with Gasteiger partial charge in [0.2, 0.25) is 11.8 Å². The number of ether oxygens (including phenoxy) is 1. The van der Waals surface area contributed by atoms with Crippen LogP contribution in [0.5, 0.6) is 0 Å². The minimum Gasteiger partial charge on any atom is -0.373 e. The summed E-state index contributed by atoms with van der Waals surface area (Å²) in [6.07, 6.45) is 0.239. The van der Waals surface area contributed by atoms with Gasteiger partial charge in [0.15, 0.2) is 0 Å². The van der Waals surface area contributed by atoms with Gasteiger partial charge in [0.25, 0.3) is 0 Å². The molecule has 0 aromatic heterocycles. The molecule has 2 rings (SSSR count). The molecule has 2 atom stereocenters. The lowest BCUT2D eigenvalue weighted by molar-refractivity contribution is -0.137. The van der Waals surface area contributed by atoms with E-state index in [0.717, 1.165) is 29.9 Å². The van der Waals surface area contributed by atoms with Gasteiger partial charge < -0.3 is 15.0 Å². The second-order valence-electron chi connectivity index (χ2n) is 7.02. The van der Waals surface area contributed by atoms with Gasteiger partial charge in [-0.05, 0) is 38.8 Å². The lowest BCUT2D eigenvalue weighted by atomic mass is 10.1. The summed E-state index contributed by atoms with van der Waals surface area (Å²) < 4.78 is 5.68. The highest BCUT2D eigenvalue weighted by Gasteiger charge is 2.25. The third-order valence-corrected chi connectivity index (χ3v) is 4.41. The van der Waals surface area contributed by atoms with Crippen LogP contribution in [0.25, 0.3) is 0 Å². The van der Waals surface area contributed by atoms with Crippen molar-refractivity contribution in [2.75, 3.05) is 38.5 Å². The van der Waals surface area contributed by atoms with Crippen molar-refractivity contribution in [3.8, 4) is 0 Å². The van der Waals surface area contributed by atoms with Gasteiger partial charge in [-0.2, -0.15) is 0 Å². The normalized spacial score (nSPS) is 21.0. The predicted molar refractivity (Wildman–Crippen MR) is 98.6 cm³/mol. The summed E-state index contributed by atoms with van der Waals surface area (Å²) in [5.74, 6) is -0.241. The fourth-order valence-corrected chi connectivity index (χ4v) is 3.22. The Kier molecular flexibility index (Phi) is 6.56. The molecule has 0 saturated carbocycles. The van der Waals surface area contributed by atoms with E-state index in [4.69, 9.17) is 4.74 Å². The number of hydrogen-bond acceptors (Lipinski definition) is 4. The number of likely N-dealkylation sites (N-methyl/N-ethyl adjacent to an activating group) is 1. The number of rotatable bonds is 5. The van der Waals surface area contributed by atoms with Gasteiger partial charge in [-0.3, -0.25) is 14.5 Å². The summed E-state index contributed by atoms with van der Waals surface area (Å²) in [6.45, 7) is 9.75. The molecule has 0 unspecified atom stereocenters. The number of morpholine rings is 1. The van der Waals surface area contributed by atoms with Crippen molar-refractivity contribution in [3.05, 3.63) is 29.3 Å². The topological polar surface area (TPSA) is 61.9 Å². The summed E-state index contributed by atoms with van der Waals surface area (Å²) in [4.78, 5) is 28.3. The number of para-hydroxylation sites is 1. The third kappa shape index (κ3) is 5.54. The largest absolute Gasteiger partial charge is 0.373 e. The van der Waals surface area contributed by atoms with Crippen molar-refractivity contribution in [1.29, 1.82) is 0 Å². The molecule has 6 heteroatoms.